The molecule has 2 rings (SSSR count). The third kappa shape index (κ3) is 3.00. The Morgan fingerprint density at radius 1 is 1.10 bits per heavy atom. The molecule has 0 heteroatoms. The van der Waals surface area contributed by atoms with E-state index in [0.29, 0.717) is 5.92 Å². The van der Waals surface area contributed by atoms with Crippen molar-refractivity contribution in [3.05, 3.63) is 77.4 Å². The molecule has 0 fully saturated rings. The topological polar surface area (TPSA) is 0 Å². The Morgan fingerprint density at radius 2 is 1.76 bits per heavy atom. The van der Waals surface area contributed by atoms with E-state index in [-0.39, 0.29) is 0 Å². The molecule has 0 saturated heterocycles. The highest BCUT2D eigenvalue weighted by molar-refractivity contribution is 5.72. The van der Waals surface area contributed by atoms with Crippen LogP contribution in [0.4, 0.5) is 0 Å². The fourth-order valence-corrected chi connectivity index (χ4v) is 3.03. The van der Waals surface area contributed by atoms with Gasteiger partial charge in [0.25, 0.3) is 0 Å². The van der Waals surface area contributed by atoms with Crippen LogP contribution in [-0.4, -0.2) is 0 Å². The Hall–Kier alpha value is -2.08. The Bertz CT molecular complexity index is 638. The molecule has 0 nitrogen and oxygen atoms in total. The number of allylic oxidation sites excluding steroid dienone is 4. The van der Waals surface area contributed by atoms with Gasteiger partial charge in [-0.15, -0.1) is 6.58 Å². The predicted octanol–water partition coefficient (Wildman–Crippen LogP) is 6.07. The molecule has 1 aliphatic rings. The van der Waals surface area contributed by atoms with E-state index in [1.54, 1.807) is 0 Å². The summed E-state index contributed by atoms with van der Waals surface area (Å²) in [4.78, 5) is 0. The summed E-state index contributed by atoms with van der Waals surface area (Å²) in [7, 11) is 0. The van der Waals surface area contributed by atoms with Crippen molar-refractivity contribution >= 4 is 18.2 Å². The number of hydrogen-bond acceptors (Lipinski definition) is 0. The number of aryl methyl sites for hydroxylation is 1. The second-order valence-corrected chi connectivity index (χ2v) is 5.53. The van der Waals surface area contributed by atoms with Crippen molar-refractivity contribution < 1.29 is 0 Å². The zero-order valence-electron chi connectivity index (χ0n) is 13.2. The largest absolute Gasteiger partial charge is 0.102 e. The standard InChI is InChI=1S/C21H24/c1-6-15(5)21(9-4)19-11-10-18-12-16(7-2)17(8-3)13-20(18)14-19/h6-9,12-15H,1-3,10-11H2,4-5H3/b21-9+. The highest BCUT2D eigenvalue weighted by Crippen LogP contribution is 2.33. The van der Waals surface area contributed by atoms with Crippen molar-refractivity contribution in [3.63, 3.8) is 0 Å². The van der Waals surface area contributed by atoms with E-state index in [9.17, 15) is 0 Å². The van der Waals surface area contributed by atoms with E-state index < -0.39 is 0 Å². The van der Waals surface area contributed by atoms with Crippen LogP contribution in [0.1, 0.15) is 42.5 Å². The minimum atomic E-state index is 0.397. The second-order valence-electron chi connectivity index (χ2n) is 5.53. The molecule has 0 aromatic heterocycles. The van der Waals surface area contributed by atoms with Gasteiger partial charge >= 0.3 is 0 Å². The molecule has 1 aliphatic carbocycles. The van der Waals surface area contributed by atoms with E-state index in [1.807, 2.05) is 18.2 Å². The first-order valence-electron chi connectivity index (χ1n) is 7.56. The van der Waals surface area contributed by atoms with E-state index in [1.165, 1.54) is 27.8 Å². The van der Waals surface area contributed by atoms with Gasteiger partial charge in [-0.05, 0) is 65.1 Å². The summed E-state index contributed by atoms with van der Waals surface area (Å²) in [5.41, 5.74) is 7.86. The molecule has 1 unspecified atom stereocenters. The van der Waals surface area contributed by atoms with Crippen LogP contribution in [0.25, 0.3) is 18.2 Å². The van der Waals surface area contributed by atoms with Crippen LogP contribution in [-0.2, 0) is 6.42 Å². The first-order valence-corrected chi connectivity index (χ1v) is 7.56. The van der Waals surface area contributed by atoms with Gasteiger partial charge < -0.3 is 0 Å². The van der Waals surface area contributed by atoms with Crippen LogP contribution >= 0.6 is 0 Å². The second kappa shape index (κ2) is 6.58. The van der Waals surface area contributed by atoms with Crippen LogP contribution < -0.4 is 0 Å². The Balaban J connectivity index is 2.49. The van der Waals surface area contributed by atoms with Gasteiger partial charge in [-0.1, -0.05) is 56.5 Å². The SMILES string of the molecule is C=Cc1cc2c(cc1C=C)CCC(/C(=C/C)C(C)C=C)=C2. The quantitative estimate of drug-likeness (QED) is 0.572. The van der Waals surface area contributed by atoms with Gasteiger partial charge in [0.1, 0.15) is 0 Å². The van der Waals surface area contributed by atoms with Gasteiger partial charge in [0, 0.05) is 0 Å². The van der Waals surface area contributed by atoms with Crippen molar-refractivity contribution in [2.45, 2.75) is 26.7 Å². The average Bonchev–Trinajstić information content (AvgIpc) is 2.53. The zero-order chi connectivity index (χ0) is 15.4. The van der Waals surface area contributed by atoms with Gasteiger partial charge in [0.15, 0.2) is 0 Å². The van der Waals surface area contributed by atoms with Crippen molar-refractivity contribution in [2.75, 3.05) is 0 Å². The molecule has 0 amide bonds. The third-order valence-electron chi connectivity index (χ3n) is 4.30. The van der Waals surface area contributed by atoms with Gasteiger partial charge in [0.05, 0.1) is 0 Å². The maximum atomic E-state index is 3.93. The summed E-state index contributed by atoms with van der Waals surface area (Å²) in [5, 5.41) is 0. The zero-order valence-corrected chi connectivity index (χ0v) is 13.2. The first kappa shape index (κ1) is 15.3. The third-order valence-corrected chi connectivity index (χ3v) is 4.30. The minimum absolute atomic E-state index is 0.397. The smallest absolute Gasteiger partial charge is 0.00136 e. The summed E-state index contributed by atoms with van der Waals surface area (Å²) in [5.74, 6) is 0.397. The summed E-state index contributed by atoms with van der Waals surface area (Å²) in [6.45, 7) is 16.0. The van der Waals surface area contributed by atoms with Crippen LogP contribution in [0.3, 0.4) is 0 Å². The maximum absolute atomic E-state index is 3.93. The molecule has 0 aliphatic heterocycles. The minimum Gasteiger partial charge on any atom is -0.102 e. The predicted molar refractivity (Wildman–Crippen MR) is 96.0 cm³/mol. The summed E-state index contributed by atoms with van der Waals surface area (Å²) in [6, 6.07) is 4.48. The van der Waals surface area contributed by atoms with E-state index in [4.69, 9.17) is 0 Å². The molecule has 108 valence electrons. The van der Waals surface area contributed by atoms with Crippen molar-refractivity contribution in [1.29, 1.82) is 0 Å². The molecule has 1 atom stereocenters. The highest BCUT2D eigenvalue weighted by atomic mass is 14.2. The number of benzene rings is 1. The molecular weight excluding hydrogens is 252 g/mol. The summed E-state index contributed by atoms with van der Waals surface area (Å²) >= 11 is 0. The van der Waals surface area contributed by atoms with Crippen LogP contribution in [0.15, 0.2) is 55.2 Å². The van der Waals surface area contributed by atoms with Crippen molar-refractivity contribution in [3.8, 4) is 0 Å². The van der Waals surface area contributed by atoms with Crippen LogP contribution in [0.5, 0.6) is 0 Å². The lowest BCUT2D eigenvalue weighted by atomic mass is 9.83. The van der Waals surface area contributed by atoms with Crippen molar-refractivity contribution in [2.24, 2.45) is 5.92 Å². The van der Waals surface area contributed by atoms with E-state index in [2.05, 4.69) is 57.9 Å². The number of fused-ring (bicyclic) bond motifs is 1. The number of hydrogen-bond donors (Lipinski definition) is 0. The Labute approximate surface area is 128 Å². The molecule has 0 spiro atoms. The van der Waals surface area contributed by atoms with Gasteiger partial charge in [-0.3, -0.25) is 0 Å². The van der Waals surface area contributed by atoms with Crippen molar-refractivity contribution in [1.82, 2.24) is 0 Å². The lowest BCUT2D eigenvalue weighted by Gasteiger charge is -2.22. The first-order chi connectivity index (χ1) is 10.1. The fraction of sp³-hybridized carbons (Fsp3) is 0.238. The molecule has 0 saturated carbocycles. The molecule has 21 heavy (non-hydrogen) atoms. The summed E-state index contributed by atoms with van der Waals surface area (Å²) in [6.07, 6.45) is 12.6. The normalized spacial score (nSPS) is 15.7. The van der Waals surface area contributed by atoms with Gasteiger partial charge in [0.2, 0.25) is 0 Å². The maximum Gasteiger partial charge on any atom is -0.00136 e. The van der Waals surface area contributed by atoms with E-state index in [0.717, 1.165) is 18.4 Å². The van der Waals surface area contributed by atoms with Gasteiger partial charge in [-0.25, -0.2) is 0 Å². The van der Waals surface area contributed by atoms with Crippen LogP contribution in [0.2, 0.25) is 0 Å². The average molecular weight is 276 g/mol. The lowest BCUT2D eigenvalue weighted by Crippen LogP contribution is -2.06. The highest BCUT2D eigenvalue weighted by Gasteiger charge is 2.16. The monoisotopic (exact) mass is 276 g/mol. The molecule has 0 bridgehead atoms. The fourth-order valence-electron chi connectivity index (χ4n) is 3.03. The number of rotatable bonds is 5. The molecule has 0 radical (unpaired) electrons. The molecule has 1 aromatic rings. The van der Waals surface area contributed by atoms with Gasteiger partial charge in [-0.2, -0.15) is 0 Å². The molecule has 0 N–H and O–H groups in total. The Kier molecular flexibility index (Phi) is 4.80. The summed E-state index contributed by atoms with van der Waals surface area (Å²) < 4.78 is 0. The van der Waals surface area contributed by atoms with E-state index >= 15 is 0 Å². The lowest BCUT2D eigenvalue weighted by molar-refractivity contribution is 0.826. The van der Waals surface area contributed by atoms with Crippen LogP contribution in [0, 0.1) is 5.92 Å². The molecule has 1 aromatic carbocycles. The Morgan fingerprint density at radius 3 is 2.33 bits per heavy atom. The molecular formula is C21H24. The molecule has 0 heterocycles.